The molecule has 0 unspecified atom stereocenters. The second kappa shape index (κ2) is 8.17. The summed E-state index contributed by atoms with van der Waals surface area (Å²) in [6, 6.07) is 17.5. The summed E-state index contributed by atoms with van der Waals surface area (Å²) in [6.07, 6.45) is 0. The fourth-order valence-corrected chi connectivity index (χ4v) is 2.74. The van der Waals surface area contributed by atoms with E-state index in [9.17, 15) is 0 Å². The molecule has 0 atom stereocenters. The van der Waals surface area contributed by atoms with Crippen molar-refractivity contribution in [3.8, 4) is 22.9 Å². The number of nitrogens with zero attached hydrogens (tertiary/aromatic N) is 2. The molecule has 0 aliphatic carbocycles. The Bertz CT molecular complexity index is 937. The lowest BCUT2D eigenvalue weighted by atomic mass is 10.1. The van der Waals surface area contributed by atoms with Crippen molar-refractivity contribution in [2.75, 3.05) is 24.9 Å². The van der Waals surface area contributed by atoms with Crippen molar-refractivity contribution in [3.63, 3.8) is 0 Å². The number of nitrogens with one attached hydrogen (secondary N) is 2. The lowest BCUT2D eigenvalue weighted by Crippen LogP contribution is -2.26. The third kappa shape index (κ3) is 4.91. The molecule has 0 radical (unpaired) electrons. The quantitative estimate of drug-likeness (QED) is 0.621. The monoisotopic (exact) mass is 378 g/mol. The van der Waals surface area contributed by atoms with Crippen molar-refractivity contribution in [2.45, 2.75) is 26.3 Å². The number of benzene rings is 2. The van der Waals surface area contributed by atoms with Crippen LogP contribution in [0.5, 0.6) is 11.5 Å². The van der Waals surface area contributed by atoms with E-state index in [0.717, 1.165) is 17.1 Å². The normalized spacial score (nSPS) is 11.0. The van der Waals surface area contributed by atoms with E-state index in [-0.39, 0.29) is 5.54 Å². The highest BCUT2D eigenvalue weighted by atomic mass is 16.5. The number of ether oxygens (including phenoxy) is 2. The molecule has 0 bridgehead atoms. The molecule has 2 aromatic carbocycles. The summed E-state index contributed by atoms with van der Waals surface area (Å²) in [6.45, 7) is 6.29. The summed E-state index contributed by atoms with van der Waals surface area (Å²) in [4.78, 5) is 9.38. The largest absolute Gasteiger partial charge is 0.493 e. The summed E-state index contributed by atoms with van der Waals surface area (Å²) >= 11 is 0. The van der Waals surface area contributed by atoms with E-state index in [2.05, 4.69) is 36.4 Å². The van der Waals surface area contributed by atoms with Crippen LogP contribution in [0.2, 0.25) is 0 Å². The van der Waals surface area contributed by atoms with Crippen molar-refractivity contribution in [1.82, 2.24) is 9.97 Å². The van der Waals surface area contributed by atoms with Crippen LogP contribution in [0.15, 0.2) is 54.6 Å². The van der Waals surface area contributed by atoms with Gasteiger partial charge in [0.25, 0.3) is 0 Å². The first-order chi connectivity index (χ1) is 13.4. The third-order valence-electron chi connectivity index (χ3n) is 3.92. The minimum atomic E-state index is -0.122. The zero-order valence-electron chi connectivity index (χ0n) is 16.9. The van der Waals surface area contributed by atoms with Crippen LogP contribution < -0.4 is 20.1 Å². The molecule has 0 fully saturated rings. The van der Waals surface area contributed by atoms with Crippen molar-refractivity contribution >= 4 is 17.3 Å². The van der Waals surface area contributed by atoms with Gasteiger partial charge in [-0.2, -0.15) is 0 Å². The molecule has 0 aliphatic heterocycles. The van der Waals surface area contributed by atoms with Crippen LogP contribution in [0.4, 0.5) is 17.3 Å². The van der Waals surface area contributed by atoms with Crippen molar-refractivity contribution in [1.29, 1.82) is 0 Å². The average molecular weight is 378 g/mol. The van der Waals surface area contributed by atoms with Gasteiger partial charge >= 0.3 is 0 Å². The SMILES string of the molecule is COc1ccc(Nc2cc(NC(C)(C)C)nc(-c3ccccc3)n2)cc1OC. The van der Waals surface area contributed by atoms with Gasteiger partial charge in [0.05, 0.1) is 14.2 Å². The molecule has 2 N–H and O–H groups in total. The van der Waals surface area contributed by atoms with Crippen molar-refractivity contribution in [3.05, 3.63) is 54.6 Å². The second-order valence-electron chi connectivity index (χ2n) is 7.40. The van der Waals surface area contributed by atoms with Gasteiger partial charge in [0.2, 0.25) is 0 Å². The second-order valence-corrected chi connectivity index (χ2v) is 7.40. The number of hydrogen-bond donors (Lipinski definition) is 2. The van der Waals surface area contributed by atoms with E-state index in [0.29, 0.717) is 23.1 Å². The molecule has 6 nitrogen and oxygen atoms in total. The number of rotatable bonds is 6. The van der Waals surface area contributed by atoms with Gasteiger partial charge in [0, 0.05) is 28.9 Å². The van der Waals surface area contributed by atoms with E-state index >= 15 is 0 Å². The Labute approximate surface area is 166 Å². The highest BCUT2D eigenvalue weighted by Crippen LogP contribution is 2.31. The van der Waals surface area contributed by atoms with Crippen LogP contribution in [-0.4, -0.2) is 29.7 Å². The number of methoxy groups -OCH3 is 2. The van der Waals surface area contributed by atoms with Crippen molar-refractivity contribution in [2.24, 2.45) is 0 Å². The minimum absolute atomic E-state index is 0.122. The molecule has 6 heteroatoms. The molecule has 0 aliphatic rings. The zero-order valence-corrected chi connectivity index (χ0v) is 16.9. The predicted molar refractivity (Wildman–Crippen MR) is 114 cm³/mol. The molecule has 0 amide bonds. The summed E-state index contributed by atoms with van der Waals surface area (Å²) in [5.74, 6) is 3.42. The zero-order chi connectivity index (χ0) is 20.1. The number of hydrogen-bond acceptors (Lipinski definition) is 6. The van der Waals surface area contributed by atoms with Crippen LogP contribution >= 0.6 is 0 Å². The Hall–Kier alpha value is -3.28. The average Bonchev–Trinajstić information content (AvgIpc) is 2.67. The smallest absolute Gasteiger partial charge is 0.163 e. The maximum absolute atomic E-state index is 5.39. The first kappa shape index (κ1) is 19.5. The Kier molecular flexibility index (Phi) is 5.68. The predicted octanol–water partition coefficient (Wildman–Crippen LogP) is 5.11. The Morgan fingerprint density at radius 2 is 1.46 bits per heavy atom. The topological polar surface area (TPSA) is 68.3 Å². The van der Waals surface area contributed by atoms with E-state index < -0.39 is 0 Å². The van der Waals surface area contributed by atoms with Gasteiger partial charge in [-0.15, -0.1) is 0 Å². The Balaban J connectivity index is 1.98. The Morgan fingerprint density at radius 3 is 2.11 bits per heavy atom. The summed E-state index contributed by atoms with van der Waals surface area (Å²) in [5.41, 5.74) is 1.68. The highest BCUT2D eigenvalue weighted by molar-refractivity contribution is 5.67. The van der Waals surface area contributed by atoms with Crippen molar-refractivity contribution < 1.29 is 9.47 Å². The molecule has 0 saturated carbocycles. The van der Waals surface area contributed by atoms with E-state index in [1.807, 2.05) is 54.6 Å². The molecular weight excluding hydrogens is 352 g/mol. The van der Waals surface area contributed by atoms with Crippen LogP contribution in [-0.2, 0) is 0 Å². The molecule has 28 heavy (non-hydrogen) atoms. The van der Waals surface area contributed by atoms with Gasteiger partial charge < -0.3 is 20.1 Å². The first-order valence-electron chi connectivity index (χ1n) is 9.10. The van der Waals surface area contributed by atoms with Crippen LogP contribution in [0.1, 0.15) is 20.8 Å². The van der Waals surface area contributed by atoms with E-state index in [1.165, 1.54) is 0 Å². The first-order valence-corrected chi connectivity index (χ1v) is 9.10. The van der Waals surface area contributed by atoms with Crippen LogP contribution in [0.25, 0.3) is 11.4 Å². The van der Waals surface area contributed by atoms with Gasteiger partial charge in [-0.1, -0.05) is 30.3 Å². The summed E-state index contributed by atoms with van der Waals surface area (Å²) < 4.78 is 10.7. The maximum atomic E-state index is 5.39. The molecule has 0 spiro atoms. The van der Waals surface area contributed by atoms with E-state index in [4.69, 9.17) is 14.5 Å². The van der Waals surface area contributed by atoms with Gasteiger partial charge in [0.1, 0.15) is 11.6 Å². The maximum Gasteiger partial charge on any atom is 0.163 e. The molecule has 0 saturated heterocycles. The summed E-state index contributed by atoms with van der Waals surface area (Å²) in [7, 11) is 3.23. The lowest BCUT2D eigenvalue weighted by molar-refractivity contribution is 0.355. The number of anilines is 3. The van der Waals surface area contributed by atoms with Gasteiger partial charge in [-0.05, 0) is 32.9 Å². The van der Waals surface area contributed by atoms with Crippen LogP contribution in [0.3, 0.4) is 0 Å². The van der Waals surface area contributed by atoms with E-state index in [1.54, 1.807) is 14.2 Å². The van der Waals surface area contributed by atoms with Gasteiger partial charge in [0.15, 0.2) is 17.3 Å². The van der Waals surface area contributed by atoms with Gasteiger partial charge in [-0.3, -0.25) is 0 Å². The molecule has 3 rings (SSSR count). The summed E-state index contributed by atoms with van der Waals surface area (Å²) in [5, 5.41) is 6.76. The fraction of sp³-hybridized carbons (Fsp3) is 0.273. The molecule has 1 aromatic heterocycles. The molecule has 146 valence electrons. The molecule has 1 heterocycles. The Morgan fingerprint density at radius 1 is 0.786 bits per heavy atom. The highest BCUT2D eigenvalue weighted by Gasteiger charge is 2.14. The standard InChI is InChI=1S/C22H26N4O2/c1-22(2,3)26-20-14-19(24-21(25-20)15-9-7-6-8-10-15)23-16-11-12-17(27-4)18(13-16)28-5/h6-14H,1-5H3,(H2,23,24,25,26). The van der Waals surface area contributed by atoms with Gasteiger partial charge in [-0.25, -0.2) is 9.97 Å². The minimum Gasteiger partial charge on any atom is -0.493 e. The third-order valence-corrected chi connectivity index (χ3v) is 3.92. The van der Waals surface area contributed by atoms with Crippen LogP contribution in [0, 0.1) is 0 Å². The fourth-order valence-electron chi connectivity index (χ4n) is 2.74. The molecule has 3 aromatic rings. The number of aromatic nitrogens is 2. The lowest BCUT2D eigenvalue weighted by Gasteiger charge is -2.22. The molecular formula is C22H26N4O2.